The average molecular weight is 356 g/mol. The van der Waals surface area contributed by atoms with Gasteiger partial charge < -0.3 is 9.64 Å². The lowest BCUT2D eigenvalue weighted by Gasteiger charge is -2.31. The number of carbonyl (C=O) groups excluding carboxylic acids is 1. The summed E-state index contributed by atoms with van der Waals surface area (Å²) in [7, 11) is 0. The second kappa shape index (κ2) is 7.93. The van der Waals surface area contributed by atoms with Gasteiger partial charge in [0.1, 0.15) is 6.10 Å². The number of ether oxygens (including phenoxy) is 1. The van der Waals surface area contributed by atoms with Crippen LogP contribution in [0.2, 0.25) is 0 Å². The second-order valence-corrected chi connectivity index (χ2v) is 7.14. The summed E-state index contributed by atoms with van der Waals surface area (Å²) in [5.74, 6) is 0. The van der Waals surface area contributed by atoms with Gasteiger partial charge in [-0.2, -0.15) is 0 Å². The number of hydrogen-bond donors (Lipinski definition) is 0. The third-order valence-electron chi connectivity index (χ3n) is 4.33. The molecule has 2 aromatic carbocycles. The molecule has 1 heterocycles. The van der Waals surface area contributed by atoms with E-state index in [1.54, 1.807) is 16.7 Å². The van der Waals surface area contributed by atoms with E-state index in [4.69, 9.17) is 4.74 Å². The number of carbonyl (C=O) groups is 1. The minimum Gasteiger partial charge on any atom is -0.445 e. The zero-order chi connectivity index (χ0) is 17.8. The summed E-state index contributed by atoms with van der Waals surface area (Å²) in [5, 5.41) is 0. The Morgan fingerprint density at radius 1 is 1.04 bits per heavy atom. The van der Waals surface area contributed by atoms with Crippen LogP contribution in [0.15, 0.2) is 58.3 Å². The van der Waals surface area contributed by atoms with Crippen LogP contribution in [-0.2, 0) is 4.74 Å². The minimum absolute atomic E-state index is 0.165. The van der Waals surface area contributed by atoms with Crippen molar-refractivity contribution in [1.29, 1.82) is 0 Å². The molecule has 25 heavy (non-hydrogen) atoms. The first-order valence-corrected chi connectivity index (χ1v) is 9.54. The van der Waals surface area contributed by atoms with Gasteiger partial charge in [-0.05, 0) is 44.3 Å². The molecule has 0 saturated heterocycles. The number of amides is 1. The van der Waals surface area contributed by atoms with Crippen LogP contribution >= 0.6 is 11.8 Å². The summed E-state index contributed by atoms with van der Waals surface area (Å²) < 4.78 is 5.77. The van der Waals surface area contributed by atoms with E-state index in [1.807, 2.05) is 55.5 Å². The lowest BCUT2D eigenvalue weighted by atomic mass is 10.2. The Balaban J connectivity index is 1.85. The highest BCUT2D eigenvalue weighted by atomic mass is 32.2. The maximum Gasteiger partial charge on any atom is 0.419 e. The van der Waals surface area contributed by atoms with E-state index in [1.165, 1.54) is 0 Å². The zero-order valence-electron chi connectivity index (χ0n) is 14.9. The van der Waals surface area contributed by atoms with E-state index in [2.05, 4.69) is 18.7 Å². The smallest absolute Gasteiger partial charge is 0.419 e. The first-order valence-electron chi connectivity index (χ1n) is 8.73. The van der Waals surface area contributed by atoms with Crippen LogP contribution in [0.5, 0.6) is 0 Å². The molecule has 0 bridgehead atoms. The SMILES string of the molecule is CCN(CC)CC(C)OC(=O)N1c2ccccc2Sc2ccccc21. The fourth-order valence-electron chi connectivity index (χ4n) is 3.01. The van der Waals surface area contributed by atoms with Gasteiger partial charge in [0.2, 0.25) is 0 Å². The van der Waals surface area contributed by atoms with Crippen molar-refractivity contribution >= 4 is 29.2 Å². The third-order valence-corrected chi connectivity index (χ3v) is 5.46. The van der Waals surface area contributed by atoms with Crippen LogP contribution in [0.1, 0.15) is 20.8 Å². The van der Waals surface area contributed by atoms with E-state index < -0.39 is 0 Å². The van der Waals surface area contributed by atoms with Crippen molar-refractivity contribution in [3.05, 3.63) is 48.5 Å². The fourth-order valence-corrected chi connectivity index (χ4v) is 4.07. The van der Waals surface area contributed by atoms with Crippen molar-refractivity contribution in [3.63, 3.8) is 0 Å². The fraction of sp³-hybridized carbons (Fsp3) is 0.350. The molecule has 5 heteroatoms. The number of benzene rings is 2. The molecule has 0 aliphatic carbocycles. The predicted molar refractivity (Wildman–Crippen MR) is 103 cm³/mol. The van der Waals surface area contributed by atoms with E-state index in [0.29, 0.717) is 0 Å². The predicted octanol–water partition coefficient (Wildman–Crippen LogP) is 5.16. The number of anilines is 2. The van der Waals surface area contributed by atoms with Crippen LogP contribution in [0.4, 0.5) is 16.2 Å². The van der Waals surface area contributed by atoms with Crippen molar-refractivity contribution in [2.24, 2.45) is 0 Å². The van der Waals surface area contributed by atoms with Gasteiger partial charge in [-0.1, -0.05) is 49.9 Å². The molecule has 4 nitrogen and oxygen atoms in total. The van der Waals surface area contributed by atoms with Gasteiger partial charge in [0.05, 0.1) is 11.4 Å². The standard InChI is InChI=1S/C20H24N2O2S/c1-4-21(5-2)14-15(3)24-20(23)22-16-10-6-8-12-18(16)25-19-13-9-7-11-17(19)22/h6-13,15H,4-5,14H2,1-3H3. The number of para-hydroxylation sites is 2. The van der Waals surface area contributed by atoms with Crippen LogP contribution < -0.4 is 4.90 Å². The van der Waals surface area contributed by atoms with E-state index in [-0.39, 0.29) is 12.2 Å². The highest BCUT2D eigenvalue weighted by Crippen LogP contribution is 2.48. The van der Waals surface area contributed by atoms with Gasteiger partial charge in [-0.15, -0.1) is 0 Å². The zero-order valence-corrected chi connectivity index (χ0v) is 15.8. The molecule has 2 aromatic rings. The van der Waals surface area contributed by atoms with E-state index in [0.717, 1.165) is 40.8 Å². The molecule has 1 aliphatic heterocycles. The Bertz CT molecular complexity index is 700. The summed E-state index contributed by atoms with van der Waals surface area (Å²) in [6.07, 6.45) is -0.485. The van der Waals surface area contributed by atoms with Gasteiger partial charge in [0.15, 0.2) is 0 Å². The molecule has 0 radical (unpaired) electrons. The van der Waals surface area contributed by atoms with E-state index in [9.17, 15) is 4.79 Å². The largest absolute Gasteiger partial charge is 0.445 e. The number of nitrogens with zero attached hydrogens (tertiary/aromatic N) is 2. The van der Waals surface area contributed by atoms with Gasteiger partial charge in [-0.25, -0.2) is 9.69 Å². The molecule has 1 amide bonds. The number of rotatable bonds is 5. The Labute approximate surface area is 153 Å². The Morgan fingerprint density at radius 3 is 2.08 bits per heavy atom. The molecule has 132 valence electrons. The van der Waals surface area contributed by atoms with Crippen molar-refractivity contribution < 1.29 is 9.53 Å². The quantitative estimate of drug-likeness (QED) is 0.741. The van der Waals surface area contributed by atoms with Gasteiger partial charge >= 0.3 is 6.09 Å². The minimum atomic E-state index is -0.320. The molecule has 0 aromatic heterocycles. The Hall–Kier alpha value is -1.98. The lowest BCUT2D eigenvalue weighted by Crippen LogP contribution is -2.37. The van der Waals surface area contributed by atoms with Crippen molar-refractivity contribution in [2.75, 3.05) is 24.5 Å². The van der Waals surface area contributed by atoms with Crippen LogP contribution in [0.3, 0.4) is 0 Å². The first-order chi connectivity index (χ1) is 12.1. The monoisotopic (exact) mass is 356 g/mol. The van der Waals surface area contributed by atoms with Crippen LogP contribution in [0, 0.1) is 0 Å². The molecule has 3 rings (SSSR count). The number of likely N-dealkylation sites (N-methyl/N-ethyl adjacent to an activating group) is 1. The van der Waals surface area contributed by atoms with Gasteiger partial charge in [0.25, 0.3) is 0 Å². The Kier molecular flexibility index (Phi) is 5.66. The molecule has 0 spiro atoms. The number of hydrogen-bond acceptors (Lipinski definition) is 4. The maximum absolute atomic E-state index is 13.0. The average Bonchev–Trinajstić information content (AvgIpc) is 2.63. The maximum atomic E-state index is 13.0. The summed E-state index contributed by atoms with van der Waals surface area (Å²) in [4.78, 5) is 19.0. The first kappa shape index (κ1) is 17.8. The molecule has 0 N–H and O–H groups in total. The normalized spacial score (nSPS) is 14.0. The molecule has 1 atom stereocenters. The molecule has 0 saturated carbocycles. The highest BCUT2D eigenvalue weighted by molar-refractivity contribution is 7.99. The van der Waals surface area contributed by atoms with Crippen LogP contribution in [-0.4, -0.2) is 36.7 Å². The van der Waals surface area contributed by atoms with Crippen molar-refractivity contribution in [3.8, 4) is 0 Å². The summed E-state index contributed by atoms with van der Waals surface area (Å²) in [6, 6.07) is 15.9. The molecular weight excluding hydrogens is 332 g/mol. The summed E-state index contributed by atoms with van der Waals surface area (Å²) in [6.45, 7) is 8.82. The molecule has 0 fully saturated rings. The molecule has 1 aliphatic rings. The van der Waals surface area contributed by atoms with Gasteiger partial charge in [-0.3, -0.25) is 0 Å². The van der Waals surface area contributed by atoms with Crippen molar-refractivity contribution in [1.82, 2.24) is 4.90 Å². The summed E-state index contributed by atoms with van der Waals surface area (Å²) >= 11 is 1.68. The lowest BCUT2D eigenvalue weighted by molar-refractivity contribution is 0.0892. The topological polar surface area (TPSA) is 32.8 Å². The molecule has 1 unspecified atom stereocenters. The Morgan fingerprint density at radius 2 is 1.56 bits per heavy atom. The van der Waals surface area contributed by atoms with E-state index >= 15 is 0 Å². The highest BCUT2D eigenvalue weighted by Gasteiger charge is 2.30. The number of fused-ring (bicyclic) bond motifs is 2. The second-order valence-electron chi connectivity index (χ2n) is 6.05. The van der Waals surface area contributed by atoms with Gasteiger partial charge in [0, 0.05) is 16.3 Å². The molecular formula is C20H24N2O2S. The van der Waals surface area contributed by atoms with Crippen LogP contribution in [0.25, 0.3) is 0 Å². The summed E-state index contributed by atoms with van der Waals surface area (Å²) in [5.41, 5.74) is 1.76. The van der Waals surface area contributed by atoms with Crippen molar-refractivity contribution in [2.45, 2.75) is 36.7 Å². The third kappa shape index (κ3) is 3.83.